The molecule has 0 amide bonds. The van der Waals surface area contributed by atoms with Crippen molar-refractivity contribution in [3.63, 3.8) is 0 Å². The highest BCUT2D eigenvalue weighted by Gasteiger charge is 1.88. The monoisotopic (exact) mass is 133 g/mol. The van der Waals surface area contributed by atoms with Crippen molar-refractivity contribution in [2.24, 2.45) is 0 Å². The van der Waals surface area contributed by atoms with Crippen LogP contribution >= 0.6 is 11.9 Å². The molecule has 0 aliphatic rings. The summed E-state index contributed by atoms with van der Waals surface area (Å²) in [6, 6.07) is 0. The van der Waals surface area contributed by atoms with Crippen LogP contribution in [0.15, 0.2) is 0 Å². The van der Waals surface area contributed by atoms with Crippen LogP contribution in [-0.4, -0.2) is 18.6 Å². The van der Waals surface area contributed by atoms with E-state index in [1.807, 2.05) is 6.26 Å². The average molecular weight is 133 g/mol. The Labute approximate surface area is 54.2 Å². The summed E-state index contributed by atoms with van der Waals surface area (Å²) in [5.74, 6) is 0.242. The van der Waals surface area contributed by atoms with Crippen LogP contribution in [0.3, 0.4) is 0 Å². The number of carbonyl (C=O) groups is 1. The lowest BCUT2D eigenvalue weighted by molar-refractivity contribution is -0.116. The van der Waals surface area contributed by atoms with Gasteiger partial charge in [-0.2, -0.15) is 0 Å². The van der Waals surface area contributed by atoms with Crippen molar-refractivity contribution in [2.45, 2.75) is 13.3 Å². The lowest BCUT2D eigenvalue weighted by Crippen LogP contribution is -2.07. The van der Waals surface area contributed by atoms with Crippen LogP contribution in [0, 0.1) is 0 Å². The highest BCUT2D eigenvalue weighted by molar-refractivity contribution is 7.96. The Morgan fingerprint density at radius 1 is 1.75 bits per heavy atom. The second kappa shape index (κ2) is 5.12. The van der Waals surface area contributed by atoms with Crippen molar-refractivity contribution < 1.29 is 4.79 Å². The fourth-order valence-electron chi connectivity index (χ4n) is 0.329. The molecule has 0 aromatic carbocycles. The van der Waals surface area contributed by atoms with E-state index in [0.29, 0.717) is 6.42 Å². The SMILES string of the molecule is CSNCCC(C)=O. The smallest absolute Gasteiger partial charge is 0.131 e. The van der Waals surface area contributed by atoms with Gasteiger partial charge in [0.2, 0.25) is 0 Å². The minimum Gasteiger partial charge on any atom is -0.300 e. The first-order valence-corrected chi connectivity index (χ1v) is 3.75. The van der Waals surface area contributed by atoms with E-state index in [2.05, 4.69) is 4.72 Å². The number of carbonyl (C=O) groups excluding carboxylic acids is 1. The Morgan fingerprint density at radius 2 is 2.38 bits per heavy atom. The van der Waals surface area contributed by atoms with Crippen LogP contribution in [-0.2, 0) is 4.79 Å². The van der Waals surface area contributed by atoms with E-state index in [1.54, 1.807) is 18.9 Å². The molecule has 0 heterocycles. The Hall–Kier alpha value is -0.0200. The third-order valence-electron chi connectivity index (χ3n) is 0.723. The molecule has 0 bridgehead atoms. The maximum atomic E-state index is 10.3. The summed E-state index contributed by atoms with van der Waals surface area (Å²) in [7, 11) is 0. The molecule has 0 radical (unpaired) electrons. The van der Waals surface area contributed by atoms with Gasteiger partial charge in [0, 0.05) is 13.0 Å². The van der Waals surface area contributed by atoms with E-state index < -0.39 is 0 Å². The summed E-state index contributed by atoms with van der Waals surface area (Å²) >= 11 is 1.54. The molecule has 8 heavy (non-hydrogen) atoms. The minimum atomic E-state index is 0.242. The predicted octanol–water partition coefficient (Wildman–Crippen LogP) is 0.833. The summed E-state index contributed by atoms with van der Waals surface area (Å²) in [5, 5.41) is 0. The molecule has 0 saturated heterocycles. The first kappa shape index (κ1) is 7.98. The van der Waals surface area contributed by atoms with Gasteiger partial charge in [0.25, 0.3) is 0 Å². The molecule has 3 heteroatoms. The van der Waals surface area contributed by atoms with E-state index in [4.69, 9.17) is 0 Å². The second-order valence-corrected chi connectivity index (χ2v) is 2.25. The van der Waals surface area contributed by atoms with Gasteiger partial charge in [0.05, 0.1) is 0 Å². The summed E-state index contributed by atoms with van der Waals surface area (Å²) < 4.78 is 2.98. The summed E-state index contributed by atoms with van der Waals surface area (Å²) in [4.78, 5) is 10.3. The standard InChI is InChI=1S/C5H11NOS/c1-5(7)3-4-6-8-2/h6H,3-4H2,1-2H3. The molecule has 0 spiro atoms. The zero-order chi connectivity index (χ0) is 6.41. The minimum absolute atomic E-state index is 0.242. The van der Waals surface area contributed by atoms with Gasteiger partial charge in [0.1, 0.15) is 5.78 Å². The van der Waals surface area contributed by atoms with E-state index in [1.165, 1.54) is 0 Å². The van der Waals surface area contributed by atoms with Gasteiger partial charge in [-0.3, -0.25) is 9.52 Å². The Bertz CT molecular complexity index is 74.8. The summed E-state index contributed by atoms with van der Waals surface area (Å²) in [6.07, 6.45) is 2.58. The number of hydrogen-bond donors (Lipinski definition) is 1. The predicted molar refractivity (Wildman–Crippen MR) is 36.8 cm³/mol. The highest BCUT2D eigenvalue weighted by atomic mass is 32.2. The highest BCUT2D eigenvalue weighted by Crippen LogP contribution is 1.83. The third-order valence-corrected chi connectivity index (χ3v) is 1.22. The van der Waals surface area contributed by atoms with Gasteiger partial charge in [0.15, 0.2) is 0 Å². The lowest BCUT2D eigenvalue weighted by Gasteiger charge is -1.94. The average Bonchev–Trinajstić information content (AvgIpc) is 1.66. The topological polar surface area (TPSA) is 29.1 Å². The van der Waals surface area contributed by atoms with Crippen LogP contribution in [0.4, 0.5) is 0 Å². The Kier molecular flexibility index (Phi) is 5.11. The zero-order valence-electron chi connectivity index (χ0n) is 5.23. The molecule has 1 N–H and O–H groups in total. The number of rotatable bonds is 4. The molecule has 48 valence electrons. The van der Waals surface area contributed by atoms with Gasteiger partial charge in [-0.05, 0) is 13.2 Å². The van der Waals surface area contributed by atoms with Crippen LogP contribution in [0.25, 0.3) is 0 Å². The van der Waals surface area contributed by atoms with Gasteiger partial charge >= 0.3 is 0 Å². The van der Waals surface area contributed by atoms with Crippen molar-refractivity contribution in [3.05, 3.63) is 0 Å². The number of hydrogen-bond acceptors (Lipinski definition) is 3. The van der Waals surface area contributed by atoms with Gasteiger partial charge < -0.3 is 0 Å². The van der Waals surface area contributed by atoms with Crippen molar-refractivity contribution in [2.75, 3.05) is 12.8 Å². The number of ketones is 1. The van der Waals surface area contributed by atoms with Gasteiger partial charge in [-0.25, -0.2) is 0 Å². The molecular weight excluding hydrogens is 122 g/mol. The molecule has 0 unspecified atom stereocenters. The molecule has 0 aromatic heterocycles. The van der Waals surface area contributed by atoms with E-state index >= 15 is 0 Å². The first-order chi connectivity index (χ1) is 3.77. The van der Waals surface area contributed by atoms with Crippen LogP contribution in [0.1, 0.15) is 13.3 Å². The van der Waals surface area contributed by atoms with E-state index in [0.717, 1.165) is 6.54 Å². The Morgan fingerprint density at radius 3 is 2.75 bits per heavy atom. The summed E-state index contributed by atoms with van der Waals surface area (Å²) in [6.45, 7) is 2.39. The molecule has 0 saturated carbocycles. The Balaban J connectivity index is 2.82. The maximum Gasteiger partial charge on any atom is 0.131 e. The van der Waals surface area contributed by atoms with Crippen molar-refractivity contribution >= 4 is 17.7 Å². The number of Topliss-reactive ketones (excluding diaryl/α,β-unsaturated/α-hetero) is 1. The quantitative estimate of drug-likeness (QED) is 0.455. The molecule has 0 aliphatic carbocycles. The maximum absolute atomic E-state index is 10.3. The largest absolute Gasteiger partial charge is 0.300 e. The van der Waals surface area contributed by atoms with E-state index in [9.17, 15) is 4.79 Å². The third kappa shape index (κ3) is 5.98. The molecule has 0 aromatic rings. The normalized spacial score (nSPS) is 9.25. The molecule has 0 aliphatic heterocycles. The second-order valence-electron chi connectivity index (χ2n) is 1.55. The van der Waals surface area contributed by atoms with Gasteiger partial charge in [-0.15, -0.1) is 0 Å². The number of nitrogens with one attached hydrogen (secondary N) is 1. The molecule has 0 rings (SSSR count). The van der Waals surface area contributed by atoms with Crippen molar-refractivity contribution in [1.29, 1.82) is 0 Å². The molecule has 0 fully saturated rings. The fourth-order valence-corrected chi connectivity index (χ4v) is 0.635. The van der Waals surface area contributed by atoms with Gasteiger partial charge in [-0.1, -0.05) is 11.9 Å². The fraction of sp³-hybridized carbons (Fsp3) is 0.800. The first-order valence-electron chi connectivity index (χ1n) is 2.52. The molecular formula is C5H11NOS. The van der Waals surface area contributed by atoms with Crippen LogP contribution in [0.5, 0.6) is 0 Å². The van der Waals surface area contributed by atoms with Crippen LogP contribution in [0.2, 0.25) is 0 Å². The zero-order valence-corrected chi connectivity index (χ0v) is 6.05. The van der Waals surface area contributed by atoms with Crippen molar-refractivity contribution in [1.82, 2.24) is 4.72 Å². The molecule has 2 nitrogen and oxygen atoms in total. The lowest BCUT2D eigenvalue weighted by atomic mass is 10.3. The van der Waals surface area contributed by atoms with Crippen molar-refractivity contribution in [3.8, 4) is 0 Å². The molecule has 0 atom stereocenters. The van der Waals surface area contributed by atoms with E-state index in [-0.39, 0.29) is 5.78 Å². The summed E-state index contributed by atoms with van der Waals surface area (Å²) in [5.41, 5.74) is 0. The van der Waals surface area contributed by atoms with Crippen LogP contribution < -0.4 is 4.72 Å².